The quantitative estimate of drug-likeness (QED) is 0.350. The van der Waals surface area contributed by atoms with Crippen LogP contribution in [0.2, 0.25) is 5.02 Å². The number of benzene rings is 3. The number of nitrogens with one attached hydrogen (secondary N) is 1. The number of hydrogen-bond donors (Lipinski definition) is 1. The lowest BCUT2D eigenvalue weighted by molar-refractivity contribution is 0.102. The van der Waals surface area contributed by atoms with E-state index in [9.17, 15) is 4.79 Å². The molecular formula is C23H18ClN3O3S. The van der Waals surface area contributed by atoms with E-state index in [1.165, 1.54) is 11.8 Å². The smallest absolute Gasteiger partial charge is 0.277 e. The van der Waals surface area contributed by atoms with Crippen molar-refractivity contribution in [3.63, 3.8) is 0 Å². The molecule has 0 atom stereocenters. The predicted octanol–water partition coefficient (Wildman–Crippen LogP) is 5.94. The molecule has 1 N–H and O–H groups in total. The van der Waals surface area contributed by atoms with Gasteiger partial charge in [-0.05, 0) is 66.2 Å². The van der Waals surface area contributed by atoms with Crippen molar-refractivity contribution in [2.45, 2.75) is 11.0 Å². The highest BCUT2D eigenvalue weighted by atomic mass is 35.5. The Morgan fingerprint density at radius 3 is 2.39 bits per heavy atom. The number of halogens is 1. The van der Waals surface area contributed by atoms with Crippen LogP contribution in [0.3, 0.4) is 0 Å². The van der Waals surface area contributed by atoms with Crippen LogP contribution in [0.15, 0.2) is 82.4 Å². The van der Waals surface area contributed by atoms with Gasteiger partial charge in [0, 0.05) is 27.6 Å². The third-order valence-corrected chi connectivity index (χ3v) is 5.57. The molecule has 0 saturated carbocycles. The number of carbonyl (C=O) groups is 1. The molecule has 0 unspecified atom stereocenters. The average Bonchev–Trinajstić information content (AvgIpc) is 3.28. The van der Waals surface area contributed by atoms with Crippen LogP contribution in [0, 0.1) is 0 Å². The standard InChI is InChI=1S/C23H18ClN3O3S/c1-29-20-12-10-19(11-13-20)25-21(28)16-4-2-15(3-5-16)14-31-23-27-26-22(30-23)17-6-8-18(24)9-7-17/h2-13H,14H2,1H3,(H,25,28). The van der Waals surface area contributed by atoms with E-state index in [1.807, 2.05) is 24.3 Å². The maximum Gasteiger partial charge on any atom is 0.277 e. The first-order chi connectivity index (χ1) is 15.1. The number of ether oxygens (including phenoxy) is 1. The van der Waals surface area contributed by atoms with E-state index in [4.69, 9.17) is 20.8 Å². The Balaban J connectivity index is 1.33. The first kappa shape index (κ1) is 21.0. The lowest BCUT2D eigenvalue weighted by atomic mass is 10.1. The van der Waals surface area contributed by atoms with Gasteiger partial charge in [-0.2, -0.15) is 0 Å². The SMILES string of the molecule is COc1ccc(NC(=O)c2ccc(CSc3nnc(-c4ccc(Cl)cc4)o3)cc2)cc1. The van der Waals surface area contributed by atoms with Crippen LogP contribution in [0.5, 0.6) is 5.75 Å². The Kier molecular flexibility index (Phi) is 6.54. The van der Waals surface area contributed by atoms with Gasteiger partial charge in [0.25, 0.3) is 11.1 Å². The molecule has 31 heavy (non-hydrogen) atoms. The number of amides is 1. The van der Waals surface area contributed by atoms with E-state index in [0.717, 1.165) is 16.9 Å². The van der Waals surface area contributed by atoms with Crippen LogP contribution in [-0.4, -0.2) is 23.2 Å². The molecule has 1 aromatic heterocycles. The van der Waals surface area contributed by atoms with Gasteiger partial charge in [0.05, 0.1) is 7.11 Å². The van der Waals surface area contributed by atoms with Crippen LogP contribution in [0.4, 0.5) is 5.69 Å². The molecule has 1 heterocycles. The van der Waals surface area contributed by atoms with E-state index >= 15 is 0 Å². The van der Waals surface area contributed by atoms with Crippen molar-refractivity contribution < 1.29 is 13.9 Å². The Morgan fingerprint density at radius 1 is 1.00 bits per heavy atom. The predicted molar refractivity (Wildman–Crippen MR) is 122 cm³/mol. The Morgan fingerprint density at radius 2 is 1.71 bits per heavy atom. The fourth-order valence-corrected chi connectivity index (χ4v) is 3.60. The van der Waals surface area contributed by atoms with Crippen LogP contribution in [0.25, 0.3) is 11.5 Å². The number of carbonyl (C=O) groups excluding carboxylic acids is 1. The van der Waals surface area contributed by atoms with E-state index < -0.39 is 0 Å². The fourth-order valence-electron chi connectivity index (χ4n) is 2.75. The first-order valence-electron chi connectivity index (χ1n) is 9.37. The molecule has 0 aliphatic heterocycles. The van der Waals surface area contributed by atoms with Gasteiger partial charge < -0.3 is 14.5 Å². The molecule has 0 spiro atoms. The second-order valence-corrected chi connectivity index (χ2v) is 7.91. The van der Waals surface area contributed by atoms with Gasteiger partial charge in [-0.1, -0.05) is 35.5 Å². The van der Waals surface area contributed by atoms with E-state index in [2.05, 4.69) is 15.5 Å². The minimum Gasteiger partial charge on any atom is -0.497 e. The molecule has 1 amide bonds. The first-order valence-corrected chi connectivity index (χ1v) is 10.7. The summed E-state index contributed by atoms with van der Waals surface area (Å²) in [5, 5.41) is 12.1. The van der Waals surface area contributed by atoms with E-state index in [0.29, 0.717) is 33.1 Å². The maximum atomic E-state index is 12.4. The zero-order valence-electron chi connectivity index (χ0n) is 16.5. The zero-order chi connectivity index (χ0) is 21.6. The lowest BCUT2D eigenvalue weighted by Gasteiger charge is -2.07. The lowest BCUT2D eigenvalue weighted by Crippen LogP contribution is -2.11. The zero-order valence-corrected chi connectivity index (χ0v) is 18.1. The van der Waals surface area contributed by atoms with Gasteiger partial charge in [0.1, 0.15) is 5.75 Å². The second kappa shape index (κ2) is 9.68. The van der Waals surface area contributed by atoms with Gasteiger partial charge >= 0.3 is 0 Å². The largest absolute Gasteiger partial charge is 0.497 e. The number of methoxy groups -OCH3 is 1. The molecule has 6 nitrogen and oxygen atoms in total. The Hall–Kier alpha value is -3.29. The summed E-state index contributed by atoms with van der Waals surface area (Å²) in [6.07, 6.45) is 0. The highest BCUT2D eigenvalue weighted by molar-refractivity contribution is 7.98. The summed E-state index contributed by atoms with van der Waals surface area (Å²) in [5.74, 6) is 1.66. The Bertz CT molecular complexity index is 1160. The van der Waals surface area contributed by atoms with Crippen molar-refractivity contribution in [2.24, 2.45) is 0 Å². The topological polar surface area (TPSA) is 77.2 Å². The number of thioether (sulfide) groups is 1. The average molecular weight is 452 g/mol. The van der Waals surface area contributed by atoms with Crippen molar-refractivity contribution in [3.8, 4) is 17.2 Å². The molecule has 156 valence electrons. The molecule has 4 rings (SSSR count). The third kappa shape index (κ3) is 5.45. The van der Waals surface area contributed by atoms with Gasteiger partial charge in [0.15, 0.2) is 0 Å². The van der Waals surface area contributed by atoms with Gasteiger partial charge in [0.2, 0.25) is 5.89 Å². The van der Waals surface area contributed by atoms with Crippen molar-refractivity contribution >= 4 is 35.0 Å². The minimum absolute atomic E-state index is 0.172. The summed E-state index contributed by atoms with van der Waals surface area (Å²) in [7, 11) is 1.60. The number of rotatable bonds is 7. The monoisotopic (exact) mass is 451 g/mol. The van der Waals surface area contributed by atoms with Gasteiger partial charge in [-0.3, -0.25) is 4.79 Å². The molecule has 8 heteroatoms. The molecular weight excluding hydrogens is 434 g/mol. The second-order valence-electron chi connectivity index (χ2n) is 6.55. The van der Waals surface area contributed by atoms with Crippen molar-refractivity contribution in [1.82, 2.24) is 10.2 Å². The molecule has 4 aromatic rings. The van der Waals surface area contributed by atoms with Crippen molar-refractivity contribution in [3.05, 3.63) is 88.9 Å². The van der Waals surface area contributed by atoms with E-state index in [1.54, 1.807) is 55.6 Å². The Labute approximate surface area is 188 Å². The van der Waals surface area contributed by atoms with Crippen LogP contribution in [0.1, 0.15) is 15.9 Å². The number of aromatic nitrogens is 2. The summed E-state index contributed by atoms with van der Waals surface area (Å²) in [6.45, 7) is 0. The molecule has 0 fully saturated rings. The summed E-state index contributed by atoms with van der Waals surface area (Å²) < 4.78 is 10.8. The number of nitrogens with zero attached hydrogens (tertiary/aromatic N) is 2. The summed E-state index contributed by atoms with van der Waals surface area (Å²) in [4.78, 5) is 12.4. The van der Waals surface area contributed by atoms with E-state index in [-0.39, 0.29) is 5.91 Å². The number of hydrogen-bond acceptors (Lipinski definition) is 6. The third-order valence-electron chi connectivity index (χ3n) is 4.42. The summed E-state index contributed by atoms with van der Waals surface area (Å²) in [6, 6.07) is 21.8. The molecule has 0 aliphatic rings. The molecule has 0 bridgehead atoms. The normalized spacial score (nSPS) is 10.6. The minimum atomic E-state index is -0.172. The van der Waals surface area contributed by atoms with Crippen LogP contribution < -0.4 is 10.1 Å². The highest BCUT2D eigenvalue weighted by Crippen LogP contribution is 2.26. The van der Waals surface area contributed by atoms with Crippen LogP contribution >= 0.6 is 23.4 Å². The molecule has 0 radical (unpaired) electrons. The maximum absolute atomic E-state index is 12.4. The molecule has 0 saturated heterocycles. The van der Waals surface area contributed by atoms with Crippen molar-refractivity contribution in [1.29, 1.82) is 0 Å². The fraction of sp³-hybridized carbons (Fsp3) is 0.0870. The highest BCUT2D eigenvalue weighted by Gasteiger charge is 2.10. The number of anilines is 1. The molecule has 3 aromatic carbocycles. The van der Waals surface area contributed by atoms with Gasteiger partial charge in [-0.25, -0.2) is 0 Å². The van der Waals surface area contributed by atoms with Crippen LogP contribution in [-0.2, 0) is 5.75 Å². The molecule has 0 aliphatic carbocycles. The summed E-state index contributed by atoms with van der Waals surface area (Å²) in [5.41, 5.74) is 3.14. The van der Waals surface area contributed by atoms with Crippen molar-refractivity contribution in [2.75, 3.05) is 12.4 Å². The van der Waals surface area contributed by atoms with Gasteiger partial charge in [-0.15, -0.1) is 10.2 Å². The summed E-state index contributed by atoms with van der Waals surface area (Å²) >= 11 is 7.34.